The molecule has 2 aromatic heterocycles. The first kappa shape index (κ1) is 24.5. The molecule has 5 rings (SSSR count). The summed E-state index contributed by atoms with van der Waals surface area (Å²) in [6.07, 6.45) is 5.20. The molecule has 1 amide bonds. The molecule has 1 fully saturated rings. The predicted molar refractivity (Wildman–Crippen MR) is 146 cm³/mol. The number of benzene rings is 2. The lowest BCUT2D eigenvalue weighted by atomic mass is 9.91. The molecular formula is C29H32N6O2. The Labute approximate surface area is 217 Å². The van der Waals surface area contributed by atoms with Crippen molar-refractivity contribution in [1.29, 1.82) is 0 Å². The van der Waals surface area contributed by atoms with Crippen LogP contribution in [0.25, 0.3) is 10.9 Å². The number of nitrogens with zero attached hydrogens (tertiary/aromatic N) is 4. The molecule has 0 saturated heterocycles. The van der Waals surface area contributed by atoms with Crippen LogP contribution in [0.3, 0.4) is 0 Å². The topological polar surface area (TPSA) is 92.3 Å². The number of ether oxygens (including phenoxy) is 1. The molecule has 1 aliphatic carbocycles. The maximum atomic E-state index is 13.1. The summed E-state index contributed by atoms with van der Waals surface area (Å²) in [6, 6.07) is 19.6. The van der Waals surface area contributed by atoms with Crippen molar-refractivity contribution in [3.8, 4) is 11.6 Å². The van der Waals surface area contributed by atoms with Gasteiger partial charge in [0.15, 0.2) is 0 Å². The second-order valence-corrected chi connectivity index (χ2v) is 9.72. The van der Waals surface area contributed by atoms with Crippen LogP contribution in [-0.4, -0.2) is 47.0 Å². The second-order valence-electron chi connectivity index (χ2n) is 9.72. The number of hydrogen-bond donors (Lipinski definition) is 2. The number of anilines is 2. The normalized spacial score (nSPS) is 17.3. The average Bonchev–Trinajstić information content (AvgIpc) is 2.89. The quantitative estimate of drug-likeness (QED) is 0.357. The minimum Gasteiger partial charge on any atom is -0.438 e. The Morgan fingerprint density at radius 3 is 2.51 bits per heavy atom. The number of aryl methyl sites for hydroxylation is 1. The van der Waals surface area contributed by atoms with Gasteiger partial charge in [0.2, 0.25) is 11.8 Å². The highest BCUT2D eigenvalue weighted by Crippen LogP contribution is 2.27. The summed E-state index contributed by atoms with van der Waals surface area (Å²) in [6.45, 7) is 2.00. The number of hydrogen-bond acceptors (Lipinski definition) is 7. The molecule has 2 N–H and O–H groups in total. The smallest absolute Gasteiger partial charge is 0.257 e. The van der Waals surface area contributed by atoms with E-state index in [1.807, 2.05) is 74.4 Å². The van der Waals surface area contributed by atoms with Crippen molar-refractivity contribution in [1.82, 2.24) is 20.3 Å². The molecule has 0 atom stereocenters. The van der Waals surface area contributed by atoms with Gasteiger partial charge in [-0.25, -0.2) is 9.97 Å². The van der Waals surface area contributed by atoms with Crippen molar-refractivity contribution in [3.63, 3.8) is 0 Å². The van der Waals surface area contributed by atoms with Gasteiger partial charge in [-0.3, -0.25) is 4.79 Å². The lowest BCUT2D eigenvalue weighted by molar-refractivity contribution is 0.0923. The number of pyridine rings is 1. The van der Waals surface area contributed by atoms with E-state index in [4.69, 9.17) is 14.7 Å². The first-order valence-electron chi connectivity index (χ1n) is 12.7. The minimum absolute atomic E-state index is 0.0902. The fraction of sp³-hybridized carbons (Fsp3) is 0.310. The van der Waals surface area contributed by atoms with Gasteiger partial charge in [-0.05, 0) is 74.6 Å². The van der Waals surface area contributed by atoms with Gasteiger partial charge in [-0.2, -0.15) is 4.98 Å². The van der Waals surface area contributed by atoms with Crippen LogP contribution >= 0.6 is 0 Å². The van der Waals surface area contributed by atoms with Crippen LogP contribution in [0.1, 0.15) is 41.6 Å². The van der Waals surface area contributed by atoms with Gasteiger partial charge in [-0.1, -0.05) is 24.3 Å². The summed E-state index contributed by atoms with van der Waals surface area (Å²) in [7, 11) is 3.98. The van der Waals surface area contributed by atoms with E-state index in [1.165, 1.54) is 0 Å². The molecule has 0 unspecified atom stereocenters. The van der Waals surface area contributed by atoms with E-state index < -0.39 is 0 Å². The zero-order valence-electron chi connectivity index (χ0n) is 21.4. The highest BCUT2D eigenvalue weighted by atomic mass is 16.5. The Balaban J connectivity index is 1.20. The molecule has 37 heavy (non-hydrogen) atoms. The fourth-order valence-electron chi connectivity index (χ4n) is 4.73. The highest BCUT2D eigenvalue weighted by molar-refractivity contribution is 5.96. The summed E-state index contributed by atoms with van der Waals surface area (Å²) in [5, 5.41) is 7.74. The molecule has 0 aliphatic heterocycles. The Kier molecular flexibility index (Phi) is 7.16. The number of fused-ring (bicyclic) bond motifs is 1. The third-order valence-corrected chi connectivity index (χ3v) is 6.62. The van der Waals surface area contributed by atoms with E-state index in [0.717, 1.165) is 48.0 Å². The van der Waals surface area contributed by atoms with Gasteiger partial charge < -0.3 is 20.3 Å². The maximum Gasteiger partial charge on any atom is 0.257 e. The van der Waals surface area contributed by atoms with Crippen LogP contribution < -0.4 is 20.3 Å². The van der Waals surface area contributed by atoms with Gasteiger partial charge in [0.1, 0.15) is 17.1 Å². The summed E-state index contributed by atoms with van der Waals surface area (Å²) >= 11 is 0. The molecule has 1 saturated carbocycles. The Morgan fingerprint density at radius 2 is 1.73 bits per heavy atom. The summed E-state index contributed by atoms with van der Waals surface area (Å²) in [5.41, 5.74) is 2.44. The maximum absolute atomic E-state index is 13.1. The number of nitrogens with one attached hydrogen (secondary N) is 2. The predicted octanol–water partition coefficient (Wildman–Crippen LogP) is 5.34. The molecule has 0 spiro atoms. The molecule has 2 aromatic carbocycles. The van der Waals surface area contributed by atoms with Crippen molar-refractivity contribution in [2.75, 3.05) is 24.3 Å². The van der Waals surface area contributed by atoms with Gasteiger partial charge in [0.05, 0.1) is 5.52 Å². The van der Waals surface area contributed by atoms with E-state index in [-0.39, 0.29) is 18.0 Å². The van der Waals surface area contributed by atoms with E-state index in [0.29, 0.717) is 23.1 Å². The van der Waals surface area contributed by atoms with Gasteiger partial charge in [-0.15, -0.1) is 0 Å². The molecule has 1 aliphatic rings. The SMILES string of the molecule is Cc1cccc(Oc2ncccc2C(=O)NC2CCC(Nc3nc(N(C)C)c4ccccc4n3)CC2)c1. The van der Waals surface area contributed by atoms with Crippen molar-refractivity contribution >= 4 is 28.6 Å². The van der Waals surface area contributed by atoms with Crippen molar-refractivity contribution < 1.29 is 9.53 Å². The number of carbonyl (C=O) groups is 1. The van der Waals surface area contributed by atoms with Crippen LogP contribution in [0.5, 0.6) is 11.6 Å². The first-order valence-corrected chi connectivity index (χ1v) is 12.7. The van der Waals surface area contributed by atoms with Crippen LogP contribution in [0, 0.1) is 6.92 Å². The van der Waals surface area contributed by atoms with E-state index in [1.54, 1.807) is 18.3 Å². The number of carbonyl (C=O) groups excluding carboxylic acids is 1. The molecule has 0 radical (unpaired) electrons. The summed E-state index contributed by atoms with van der Waals surface area (Å²) in [4.78, 5) is 28.9. The minimum atomic E-state index is -0.166. The molecule has 2 heterocycles. The molecular weight excluding hydrogens is 464 g/mol. The lowest BCUT2D eigenvalue weighted by Crippen LogP contribution is -2.40. The van der Waals surface area contributed by atoms with Crippen LogP contribution in [0.15, 0.2) is 66.9 Å². The van der Waals surface area contributed by atoms with Gasteiger partial charge in [0, 0.05) is 37.8 Å². The number of amides is 1. The van der Waals surface area contributed by atoms with Crippen molar-refractivity contribution in [2.45, 2.75) is 44.7 Å². The summed E-state index contributed by atoms with van der Waals surface area (Å²) in [5.74, 6) is 2.34. The van der Waals surface area contributed by atoms with Crippen LogP contribution in [0.4, 0.5) is 11.8 Å². The third kappa shape index (κ3) is 5.80. The fourth-order valence-corrected chi connectivity index (χ4v) is 4.73. The second kappa shape index (κ2) is 10.8. The zero-order valence-corrected chi connectivity index (χ0v) is 21.4. The molecule has 190 valence electrons. The highest BCUT2D eigenvalue weighted by Gasteiger charge is 2.25. The lowest BCUT2D eigenvalue weighted by Gasteiger charge is -2.30. The summed E-state index contributed by atoms with van der Waals surface area (Å²) < 4.78 is 5.94. The molecule has 8 heteroatoms. The third-order valence-electron chi connectivity index (χ3n) is 6.62. The molecule has 8 nitrogen and oxygen atoms in total. The van der Waals surface area contributed by atoms with E-state index in [9.17, 15) is 4.79 Å². The van der Waals surface area contributed by atoms with Gasteiger partial charge in [0.25, 0.3) is 5.91 Å². The van der Waals surface area contributed by atoms with Gasteiger partial charge >= 0.3 is 0 Å². The monoisotopic (exact) mass is 496 g/mol. The van der Waals surface area contributed by atoms with Crippen LogP contribution in [0.2, 0.25) is 0 Å². The zero-order chi connectivity index (χ0) is 25.8. The number of aromatic nitrogens is 3. The molecule has 0 bridgehead atoms. The largest absolute Gasteiger partial charge is 0.438 e. The van der Waals surface area contributed by atoms with E-state index in [2.05, 4.69) is 15.6 Å². The number of para-hydroxylation sites is 1. The van der Waals surface area contributed by atoms with Crippen LogP contribution in [-0.2, 0) is 0 Å². The van der Waals surface area contributed by atoms with E-state index >= 15 is 0 Å². The Morgan fingerprint density at radius 1 is 0.946 bits per heavy atom. The van der Waals surface area contributed by atoms with Crippen molar-refractivity contribution in [3.05, 3.63) is 78.0 Å². The Bertz CT molecular complexity index is 1400. The Hall–Kier alpha value is -4.20. The number of rotatable bonds is 7. The first-order chi connectivity index (χ1) is 18.0. The molecule has 4 aromatic rings. The average molecular weight is 497 g/mol. The standard InChI is InChI=1S/C29H32N6O2/c1-19-8-6-9-22(18-19)37-28-24(11-7-17-30-28)27(36)31-20-13-15-21(16-14-20)32-29-33-25-12-5-4-10-23(25)26(34-29)35(2)3/h4-12,17-18,20-21H,13-16H2,1-3H3,(H,31,36)(H,32,33,34). The van der Waals surface area contributed by atoms with Crippen molar-refractivity contribution in [2.24, 2.45) is 0 Å².